The summed E-state index contributed by atoms with van der Waals surface area (Å²) in [4.78, 5) is 0. The second-order valence-corrected chi connectivity index (χ2v) is 5.23. The Hall–Kier alpha value is -1.18. The van der Waals surface area contributed by atoms with Crippen LogP contribution in [-0.2, 0) is 0 Å². The van der Waals surface area contributed by atoms with Crippen LogP contribution in [0.2, 0.25) is 0 Å². The lowest BCUT2D eigenvalue weighted by Gasteiger charge is -2.42. The van der Waals surface area contributed by atoms with Gasteiger partial charge in [-0.15, -0.1) is 0 Å². The van der Waals surface area contributed by atoms with E-state index in [2.05, 4.69) is 18.3 Å². The molecule has 1 saturated carbocycles. The molecule has 0 unspecified atom stereocenters. The van der Waals surface area contributed by atoms with Gasteiger partial charge in [-0.3, -0.25) is 0 Å². The van der Waals surface area contributed by atoms with Gasteiger partial charge >= 0.3 is 0 Å². The first-order chi connectivity index (χ1) is 7.77. The number of phenols is 1. The molecule has 2 nitrogen and oxygen atoms in total. The quantitative estimate of drug-likeness (QED) is 0.652. The second-order valence-electron chi connectivity index (χ2n) is 5.23. The van der Waals surface area contributed by atoms with Gasteiger partial charge in [0.1, 0.15) is 5.75 Å². The van der Waals surface area contributed by atoms with E-state index >= 15 is 0 Å². The van der Waals surface area contributed by atoms with Crippen LogP contribution in [0.1, 0.15) is 44.1 Å². The fraction of sp³-hybridized carbons (Fsp3) is 0.571. The van der Waals surface area contributed by atoms with E-state index in [4.69, 9.17) is 0 Å². The van der Waals surface area contributed by atoms with Crippen molar-refractivity contribution in [3.63, 3.8) is 0 Å². The molecular weight excluding hydrogens is 198 g/mol. The highest BCUT2D eigenvalue weighted by atomic mass is 16.3. The highest BCUT2D eigenvalue weighted by Crippen LogP contribution is 2.48. The van der Waals surface area contributed by atoms with Gasteiger partial charge in [0.15, 0.2) is 0 Å². The van der Waals surface area contributed by atoms with Crippen molar-refractivity contribution in [1.29, 1.82) is 0 Å². The fourth-order valence-corrected chi connectivity index (χ4v) is 3.50. The predicted octanol–water partition coefficient (Wildman–Crippen LogP) is 3.48. The molecule has 16 heavy (non-hydrogen) atoms. The lowest BCUT2D eigenvalue weighted by Crippen LogP contribution is -2.37. The van der Waals surface area contributed by atoms with Crippen molar-refractivity contribution >= 4 is 5.69 Å². The number of hydrogen-bond donors (Lipinski definition) is 2. The Morgan fingerprint density at radius 2 is 2.06 bits per heavy atom. The van der Waals surface area contributed by atoms with E-state index in [1.807, 2.05) is 6.07 Å². The maximum Gasteiger partial charge on any atom is 0.138 e. The third-order valence-corrected chi connectivity index (χ3v) is 4.31. The predicted molar refractivity (Wildman–Crippen MR) is 65.9 cm³/mol. The van der Waals surface area contributed by atoms with Crippen LogP contribution < -0.4 is 5.32 Å². The van der Waals surface area contributed by atoms with Crippen molar-refractivity contribution in [3.05, 3.63) is 23.8 Å². The summed E-state index contributed by atoms with van der Waals surface area (Å²) in [6, 6.07) is 6.42. The molecule has 1 heterocycles. The SMILES string of the molecule is C[C@H]1Nc2c(O)cccc2[C@H]2CCCC[C@@H]21. The normalized spacial score (nSPS) is 32.4. The molecule has 1 aromatic rings. The maximum atomic E-state index is 9.90. The molecule has 2 aliphatic rings. The van der Waals surface area contributed by atoms with Crippen LogP contribution in [-0.4, -0.2) is 11.1 Å². The molecule has 1 aromatic carbocycles. The number of rotatable bonds is 0. The smallest absolute Gasteiger partial charge is 0.138 e. The van der Waals surface area contributed by atoms with Crippen molar-refractivity contribution in [2.75, 3.05) is 5.32 Å². The van der Waals surface area contributed by atoms with Gasteiger partial charge in [0, 0.05) is 6.04 Å². The fourth-order valence-electron chi connectivity index (χ4n) is 3.50. The Kier molecular flexibility index (Phi) is 2.31. The van der Waals surface area contributed by atoms with Gasteiger partial charge in [0.2, 0.25) is 0 Å². The average molecular weight is 217 g/mol. The Bertz CT molecular complexity index is 402. The second kappa shape index (κ2) is 3.69. The number of phenolic OH excluding ortho intramolecular Hbond substituents is 1. The van der Waals surface area contributed by atoms with Gasteiger partial charge in [-0.05, 0) is 43.2 Å². The number of para-hydroxylation sites is 1. The van der Waals surface area contributed by atoms with Crippen LogP contribution in [0, 0.1) is 5.92 Å². The zero-order chi connectivity index (χ0) is 11.1. The number of anilines is 1. The molecule has 0 aromatic heterocycles. The summed E-state index contributed by atoms with van der Waals surface area (Å²) >= 11 is 0. The summed E-state index contributed by atoms with van der Waals surface area (Å²) in [6.45, 7) is 2.25. The molecule has 86 valence electrons. The highest BCUT2D eigenvalue weighted by Gasteiger charge is 2.36. The van der Waals surface area contributed by atoms with Gasteiger partial charge in [-0.2, -0.15) is 0 Å². The molecule has 0 spiro atoms. The largest absolute Gasteiger partial charge is 0.506 e. The Balaban J connectivity index is 2.06. The summed E-state index contributed by atoms with van der Waals surface area (Å²) in [6.07, 6.45) is 5.31. The summed E-state index contributed by atoms with van der Waals surface area (Å²) in [5, 5.41) is 13.4. The van der Waals surface area contributed by atoms with Crippen LogP contribution in [0.3, 0.4) is 0 Å². The monoisotopic (exact) mass is 217 g/mol. The number of nitrogens with one attached hydrogen (secondary N) is 1. The molecule has 3 rings (SSSR count). The van der Waals surface area contributed by atoms with Crippen molar-refractivity contribution in [2.45, 2.75) is 44.6 Å². The van der Waals surface area contributed by atoms with Crippen LogP contribution in [0.5, 0.6) is 5.75 Å². The molecule has 3 atom stereocenters. The Morgan fingerprint density at radius 3 is 2.94 bits per heavy atom. The van der Waals surface area contributed by atoms with E-state index in [9.17, 15) is 5.11 Å². The molecule has 1 aliphatic carbocycles. The number of hydrogen-bond acceptors (Lipinski definition) is 2. The third-order valence-electron chi connectivity index (χ3n) is 4.31. The molecular formula is C14H19NO. The lowest BCUT2D eigenvalue weighted by molar-refractivity contribution is 0.271. The topological polar surface area (TPSA) is 32.3 Å². The average Bonchev–Trinajstić information content (AvgIpc) is 2.31. The van der Waals surface area contributed by atoms with Crippen molar-refractivity contribution in [3.8, 4) is 5.75 Å². The summed E-state index contributed by atoms with van der Waals surface area (Å²) in [5.41, 5.74) is 2.32. The molecule has 0 bridgehead atoms. The van der Waals surface area contributed by atoms with E-state index in [0.717, 1.165) is 11.6 Å². The molecule has 2 heteroatoms. The third kappa shape index (κ3) is 1.40. The Labute approximate surface area is 96.7 Å². The molecule has 1 aliphatic heterocycles. The lowest BCUT2D eigenvalue weighted by atomic mass is 9.70. The van der Waals surface area contributed by atoms with Gasteiger partial charge in [-0.25, -0.2) is 0 Å². The number of fused-ring (bicyclic) bond motifs is 3. The first-order valence-corrected chi connectivity index (χ1v) is 6.36. The van der Waals surface area contributed by atoms with E-state index in [0.29, 0.717) is 17.7 Å². The standard InChI is InChI=1S/C14H19NO/c1-9-10-5-2-3-6-11(10)12-7-4-8-13(16)14(12)15-9/h4,7-11,15-16H,2-3,5-6H2,1H3/t9-,10-,11+/m1/s1. The van der Waals surface area contributed by atoms with Crippen molar-refractivity contribution < 1.29 is 5.11 Å². The minimum Gasteiger partial charge on any atom is -0.506 e. The molecule has 0 radical (unpaired) electrons. The van der Waals surface area contributed by atoms with Gasteiger partial charge in [0.05, 0.1) is 5.69 Å². The molecule has 1 fully saturated rings. The minimum atomic E-state index is 0.411. The van der Waals surface area contributed by atoms with Gasteiger partial charge in [-0.1, -0.05) is 25.0 Å². The first-order valence-electron chi connectivity index (χ1n) is 6.36. The van der Waals surface area contributed by atoms with E-state index in [1.165, 1.54) is 31.2 Å². The molecule has 2 N–H and O–H groups in total. The number of aromatic hydroxyl groups is 1. The summed E-state index contributed by atoms with van der Waals surface area (Å²) < 4.78 is 0. The highest BCUT2D eigenvalue weighted by molar-refractivity contribution is 5.65. The summed E-state index contributed by atoms with van der Waals surface area (Å²) in [7, 11) is 0. The zero-order valence-corrected chi connectivity index (χ0v) is 9.74. The van der Waals surface area contributed by atoms with E-state index in [1.54, 1.807) is 6.07 Å². The van der Waals surface area contributed by atoms with Crippen molar-refractivity contribution in [1.82, 2.24) is 0 Å². The minimum absolute atomic E-state index is 0.411. The molecule has 0 amide bonds. The van der Waals surface area contributed by atoms with Crippen LogP contribution in [0.15, 0.2) is 18.2 Å². The summed E-state index contributed by atoms with van der Waals surface area (Å²) in [5.74, 6) is 1.82. The van der Waals surface area contributed by atoms with Crippen LogP contribution in [0.4, 0.5) is 5.69 Å². The van der Waals surface area contributed by atoms with Crippen LogP contribution in [0.25, 0.3) is 0 Å². The van der Waals surface area contributed by atoms with Gasteiger partial charge < -0.3 is 10.4 Å². The maximum absolute atomic E-state index is 9.90. The Morgan fingerprint density at radius 1 is 1.25 bits per heavy atom. The van der Waals surface area contributed by atoms with E-state index in [-0.39, 0.29) is 0 Å². The van der Waals surface area contributed by atoms with Crippen LogP contribution >= 0.6 is 0 Å². The zero-order valence-electron chi connectivity index (χ0n) is 9.74. The first kappa shape index (κ1) is 10.0. The van der Waals surface area contributed by atoms with Gasteiger partial charge in [0.25, 0.3) is 0 Å². The molecule has 0 saturated heterocycles. The number of benzene rings is 1. The van der Waals surface area contributed by atoms with Crippen molar-refractivity contribution in [2.24, 2.45) is 5.92 Å². The van der Waals surface area contributed by atoms with E-state index < -0.39 is 0 Å².